The highest BCUT2D eigenvalue weighted by atomic mass is 16.4. The number of aryl methyl sites for hydroxylation is 1. The van der Waals surface area contributed by atoms with E-state index in [2.05, 4.69) is 39.1 Å². The van der Waals surface area contributed by atoms with Crippen LogP contribution >= 0.6 is 0 Å². The molecule has 0 aliphatic rings. The van der Waals surface area contributed by atoms with Gasteiger partial charge in [0.15, 0.2) is 0 Å². The SMILES string of the molecule is CN(c1ccccc1)c1ccc2c(-c3cc4nccc(C(=O)O)c4[nH]3)nn(C)c2c1. The van der Waals surface area contributed by atoms with Gasteiger partial charge in [0.2, 0.25) is 0 Å². The Bertz CT molecular complexity index is 1400. The second-order valence-corrected chi connectivity index (χ2v) is 7.18. The lowest BCUT2D eigenvalue weighted by Crippen LogP contribution is -2.09. The zero-order chi connectivity index (χ0) is 20.8. The Labute approximate surface area is 172 Å². The van der Waals surface area contributed by atoms with E-state index in [4.69, 9.17) is 5.10 Å². The molecule has 0 atom stereocenters. The van der Waals surface area contributed by atoms with Crippen molar-refractivity contribution in [2.45, 2.75) is 0 Å². The molecule has 0 amide bonds. The molecule has 5 rings (SSSR count). The van der Waals surface area contributed by atoms with Crippen molar-refractivity contribution in [3.63, 3.8) is 0 Å². The third kappa shape index (κ3) is 2.79. The number of H-pyrrole nitrogens is 1. The van der Waals surface area contributed by atoms with Crippen LogP contribution in [-0.4, -0.2) is 37.9 Å². The van der Waals surface area contributed by atoms with E-state index in [1.807, 2.05) is 49.1 Å². The molecule has 3 heterocycles. The number of carbonyl (C=O) groups is 1. The number of benzene rings is 2. The summed E-state index contributed by atoms with van der Waals surface area (Å²) >= 11 is 0. The summed E-state index contributed by atoms with van der Waals surface area (Å²) in [5, 5.41) is 15.1. The van der Waals surface area contributed by atoms with E-state index >= 15 is 0 Å². The third-order valence-electron chi connectivity index (χ3n) is 5.37. The van der Waals surface area contributed by atoms with Crippen molar-refractivity contribution in [1.82, 2.24) is 19.7 Å². The number of hydrogen-bond donors (Lipinski definition) is 2. The predicted octanol–water partition coefficient (Wildman–Crippen LogP) is 4.58. The molecule has 7 nitrogen and oxygen atoms in total. The van der Waals surface area contributed by atoms with Gasteiger partial charge in [0.25, 0.3) is 0 Å². The minimum absolute atomic E-state index is 0.193. The van der Waals surface area contributed by atoms with Crippen LogP contribution in [0.3, 0.4) is 0 Å². The summed E-state index contributed by atoms with van der Waals surface area (Å²) in [6.07, 6.45) is 1.51. The molecule has 0 spiro atoms. The number of carboxylic acid groups (broad SMARTS) is 1. The van der Waals surface area contributed by atoms with Crippen molar-refractivity contribution in [2.75, 3.05) is 11.9 Å². The van der Waals surface area contributed by atoms with Gasteiger partial charge < -0.3 is 15.0 Å². The first kappa shape index (κ1) is 17.9. The van der Waals surface area contributed by atoms with Crippen LogP contribution in [0.25, 0.3) is 33.3 Å². The second-order valence-electron chi connectivity index (χ2n) is 7.18. The summed E-state index contributed by atoms with van der Waals surface area (Å²) in [5.74, 6) is -0.990. The van der Waals surface area contributed by atoms with Crippen molar-refractivity contribution in [3.8, 4) is 11.4 Å². The van der Waals surface area contributed by atoms with Crippen LogP contribution in [0.5, 0.6) is 0 Å². The minimum Gasteiger partial charge on any atom is -0.478 e. The van der Waals surface area contributed by atoms with Gasteiger partial charge in [-0.3, -0.25) is 9.67 Å². The number of fused-ring (bicyclic) bond motifs is 2. The van der Waals surface area contributed by atoms with Crippen molar-refractivity contribution in [3.05, 3.63) is 72.4 Å². The Morgan fingerprint density at radius 1 is 1.07 bits per heavy atom. The molecule has 7 heteroatoms. The molecule has 2 N–H and O–H groups in total. The van der Waals surface area contributed by atoms with Gasteiger partial charge in [-0.1, -0.05) is 18.2 Å². The highest BCUT2D eigenvalue weighted by Crippen LogP contribution is 2.33. The molecule has 3 aromatic heterocycles. The Balaban J connectivity index is 1.62. The number of aromatic amines is 1. The predicted molar refractivity (Wildman–Crippen MR) is 117 cm³/mol. The largest absolute Gasteiger partial charge is 0.478 e. The highest BCUT2D eigenvalue weighted by molar-refractivity contribution is 6.03. The molecule has 5 aromatic rings. The molecule has 2 aromatic carbocycles. The molecule has 0 aliphatic heterocycles. The van der Waals surface area contributed by atoms with Crippen molar-refractivity contribution >= 4 is 39.3 Å². The molecule has 0 saturated carbocycles. The van der Waals surface area contributed by atoms with Gasteiger partial charge in [-0.25, -0.2) is 4.79 Å². The minimum atomic E-state index is -0.990. The number of aromatic carboxylic acids is 1. The number of para-hydroxylation sites is 1. The van der Waals surface area contributed by atoms with E-state index in [1.165, 1.54) is 12.3 Å². The van der Waals surface area contributed by atoms with Crippen LogP contribution in [0, 0.1) is 0 Å². The number of hydrogen-bond acceptors (Lipinski definition) is 4. The molecule has 0 aliphatic carbocycles. The number of rotatable bonds is 4. The van der Waals surface area contributed by atoms with Crippen LogP contribution in [0.1, 0.15) is 10.4 Å². The standard InChI is InChI=1S/C23H19N5O2/c1-27(14-6-4-3-5-7-14)15-8-9-16-20(12-15)28(2)26-22(16)19-13-18-21(25-19)17(23(29)30)10-11-24-18/h3-13,25H,1-2H3,(H,29,30). The summed E-state index contributed by atoms with van der Waals surface area (Å²) in [5.41, 5.74) is 5.92. The highest BCUT2D eigenvalue weighted by Gasteiger charge is 2.17. The molecule has 0 bridgehead atoms. The lowest BCUT2D eigenvalue weighted by molar-refractivity contribution is 0.0698. The molecular weight excluding hydrogens is 378 g/mol. The topological polar surface area (TPSA) is 87.0 Å². The van der Waals surface area contributed by atoms with Gasteiger partial charge in [0, 0.05) is 37.1 Å². The van der Waals surface area contributed by atoms with Gasteiger partial charge in [-0.05, 0) is 42.5 Å². The number of carboxylic acids is 1. The fourth-order valence-electron chi connectivity index (χ4n) is 3.79. The zero-order valence-electron chi connectivity index (χ0n) is 16.5. The Morgan fingerprint density at radius 3 is 2.63 bits per heavy atom. The average molecular weight is 397 g/mol. The van der Waals surface area contributed by atoms with E-state index in [1.54, 1.807) is 0 Å². The first-order chi connectivity index (χ1) is 14.5. The Hall–Kier alpha value is -4.13. The third-order valence-corrected chi connectivity index (χ3v) is 5.37. The molecule has 0 saturated heterocycles. The zero-order valence-corrected chi connectivity index (χ0v) is 16.5. The number of nitrogens with zero attached hydrogens (tertiary/aromatic N) is 4. The van der Waals surface area contributed by atoms with E-state index in [0.717, 1.165) is 33.7 Å². The lowest BCUT2D eigenvalue weighted by atomic mass is 10.1. The van der Waals surface area contributed by atoms with E-state index in [-0.39, 0.29) is 5.56 Å². The van der Waals surface area contributed by atoms with E-state index in [9.17, 15) is 9.90 Å². The van der Waals surface area contributed by atoms with Gasteiger partial charge >= 0.3 is 5.97 Å². The lowest BCUT2D eigenvalue weighted by Gasteiger charge is -2.19. The molecule has 30 heavy (non-hydrogen) atoms. The Kier molecular flexibility index (Phi) is 4.03. The fraction of sp³-hybridized carbons (Fsp3) is 0.0870. The summed E-state index contributed by atoms with van der Waals surface area (Å²) in [4.78, 5) is 21.1. The molecule has 0 fully saturated rings. The van der Waals surface area contributed by atoms with Gasteiger partial charge in [-0.2, -0.15) is 5.10 Å². The van der Waals surface area contributed by atoms with Crippen molar-refractivity contribution in [2.24, 2.45) is 7.05 Å². The number of aromatic nitrogens is 4. The van der Waals surface area contributed by atoms with Gasteiger partial charge in [0.05, 0.1) is 27.8 Å². The summed E-state index contributed by atoms with van der Waals surface area (Å²) in [6, 6.07) is 19.7. The fourth-order valence-corrected chi connectivity index (χ4v) is 3.79. The second kappa shape index (κ2) is 6.73. The maximum atomic E-state index is 11.5. The number of pyridine rings is 1. The Morgan fingerprint density at radius 2 is 1.87 bits per heavy atom. The normalized spacial score (nSPS) is 11.3. The molecular formula is C23H19N5O2. The van der Waals surface area contributed by atoms with Gasteiger partial charge in [-0.15, -0.1) is 0 Å². The average Bonchev–Trinajstić information content (AvgIpc) is 3.34. The molecule has 0 unspecified atom stereocenters. The van der Waals surface area contributed by atoms with Crippen LogP contribution in [0.2, 0.25) is 0 Å². The van der Waals surface area contributed by atoms with Crippen molar-refractivity contribution in [1.29, 1.82) is 0 Å². The molecule has 148 valence electrons. The first-order valence-electron chi connectivity index (χ1n) is 9.50. The first-order valence-corrected chi connectivity index (χ1v) is 9.50. The summed E-state index contributed by atoms with van der Waals surface area (Å²) in [6.45, 7) is 0. The van der Waals surface area contributed by atoms with Crippen molar-refractivity contribution < 1.29 is 9.90 Å². The number of nitrogens with one attached hydrogen (secondary N) is 1. The quantitative estimate of drug-likeness (QED) is 0.463. The van der Waals surface area contributed by atoms with Crippen LogP contribution in [0.4, 0.5) is 11.4 Å². The van der Waals surface area contributed by atoms with E-state index < -0.39 is 5.97 Å². The van der Waals surface area contributed by atoms with Crippen LogP contribution in [-0.2, 0) is 7.05 Å². The van der Waals surface area contributed by atoms with Crippen LogP contribution < -0.4 is 4.90 Å². The smallest absolute Gasteiger partial charge is 0.337 e. The monoisotopic (exact) mass is 397 g/mol. The summed E-state index contributed by atoms with van der Waals surface area (Å²) in [7, 11) is 3.94. The van der Waals surface area contributed by atoms with E-state index in [0.29, 0.717) is 11.0 Å². The number of anilines is 2. The van der Waals surface area contributed by atoms with Gasteiger partial charge in [0.1, 0.15) is 5.69 Å². The van der Waals surface area contributed by atoms with Crippen LogP contribution in [0.15, 0.2) is 66.9 Å². The maximum absolute atomic E-state index is 11.5. The maximum Gasteiger partial charge on any atom is 0.337 e. The summed E-state index contributed by atoms with van der Waals surface area (Å²) < 4.78 is 1.84. The molecule has 0 radical (unpaired) electrons.